The van der Waals surface area contributed by atoms with Crippen molar-refractivity contribution >= 4 is 39.7 Å². The van der Waals surface area contributed by atoms with Gasteiger partial charge in [0.15, 0.2) is 13.6 Å². The van der Waals surface area contributed by atoms with Crippen molar-refractivity contribution in [1.82, 2.24) is 0 Å². The second kappa shape index (κ2) is 10.3. The Morgan fingerprint density at radius 2 is 1.26 bits per heavy atom. The summed E-state index contributed by atoms with van der Waals surface area (Å²) >= 11 is 3.32. The van der Waals surface area contributed by atoms with Crippen molar-refractivity contribution in [3.05, 3.63) is 51.9 Å². The molecule has 0 unspecified atom stereocenters. The molecule has 144 valence electrons. The first-order valence-corrected chi connectivity index (χ1v) is 10.6. The number of benzene rings is 1. The zero-order valence-corrected chi connectivity index (χ0v) is 17.1. The third-order valence-electron chi connectivity index (χ3n) is 3.68. The van der Waals surface area contributed by atoms with Crippen LogP contribution < -0.4 is 14.4 Å². The molecule has 27 heavy (non-hydrogen) atoms. The zero-order chi connectivity index (χ0) is 18.9. The highest BCUT2D eigenvalue weighted by molar-refractivity contribution is 7.08. The first kappa shape index (κ1) is 19.7. The van der Waals surface area contributed by atoms with Gasteiger partial charge in [-0.25, -0.2) is 0 Å². The molecular weight excluding hydrogens is 382 g/mol. The Hall–Kier alpha value is -2.06. The first-order chi connectivity index (χ1) is 13.3. The van der Waals surface area contributed by atoms with Gasteiger partial charge in [0.25, 0.3) is 0 Å². The number of nitrogens with zero attached hydrogens (tertiary/aromatic N) is 1. The molecule has 0 saturated heterocycles. The molecule has 0 aliphatic rings. The average Bonchev–Trinajstić information content (AvgIpc) is 3.37. The molecule has 0 spiro atoms. The quantitative estimate of drug-likeness (QED) is 0.288. The van der Waals surface area contributed by atoms with Crippen molar-refractivity contribution < 1.29 is 18.9 Å². The molecule has 5 nitrogen and oxygen atoms in total. The van der Waals surface area contributed by atoms with Crippen LogP contribution in [0.3, 0.4) is 0 Å². The zero-order valence-electron chi connectivity index (χ0n) is 15.4. The third-order valence-corrected chi connectivity index (χ3v) is 5.02. The van der Waals surface area contributed by atoms with Crippen molar-refractivity contribution in [1.29, 1.82) is 0 Å². The number of ether oxygens (including phenoxy) is 4. The van der Waals surface area contributed by atoms with Crippen molar-refractivity contribution in [2.24, 2.45) is 0 Å². The highest BCUT2D eigenvalue weighted by Gasteiger charge is 2.16. The molecule has 0 N–H and O–H groups in total. The Balaban J connectivity index is 1.94. The van der Waals surface area contributed by atoms with Gasteiger partial charge in [0.05, 0.1) is 17.1 Å². The fourth-order valence-electron chi connectivity index (χ4n) is 2.45. The maximum absolute atomic E-state index is 5.75. The Morgan fingerprint density at radius 3 is 1.67 bits per heavy atom. The highest BCUT2D eigenvalue weighted by atomic mass is 32.1. The Kier molecular flexibility index (Phi) is 7.53. The summed E-state index contributed by atoms with van der Waals surface area (Å²) in [5.41, 5.74) is 3.14. The Morgan fingerprint density at radius 1 is 0.741 bits per heavy atom. The summed E-state index contributed by atoms with van der Waals surface area (Å²) in [6.07, 6.45) is 0. The second-order valence-corrected chi connectivity index (χ2v) is 7.03. The summed E-state index contributed by atoms with van der Waals surface area (Å²) in [4.78, 5) is 2.17. The fourth-order valence-corrected chi connectivity index (χ4v) is 3.69. The monoisotopic (exact) mass is 405 g/mol. The van der Waals surface area contributed by atoms with Crippen LogP contribution in [0.4, 0.5) is 17.1 Å². The molecular formula is C20H23NO4S2. The van der Waals surface area contributed by atoms with Crippen LogP contribution in [-0.4, -0.2) is 26.8 Å². The molecule has 0 amide bonds. The topological polar surface area (TPSA) is 40.2 Å². The number of hydrogen-bond donors (Lipinski definition) is 0. The van der Waals surface area contributed by atoms with Crippen LogP contribution in [0.15, 0.2) is 51.9 Å². The summed E-state index contributed by atoms with van der Waals surface area (Å²) in [5.74, 6) is 1.37. The summed E-state index contributed by atoms with van der Waals surface area (Å²) in [6.45, 7) is 5.46. The van der Waals surface area contributed by atoms with E-state index >= 15 is 0 Å². The van der Waals surface area contributed by atoms with Crippen LogP contribution in [0.25, 0.3) is 0 Å². The molecule has 0 aliphatic heterocycles. The minimum absolute atomic E-state index is 0.196. The Bertz CT molecular complexity index is 728. The lowest BCUT2D eigenvalue weighted by molar-refractivity contribution is 0.0182. The molecule has 3 aromatic rings. The number of anilines is 3. The van der Waals surface area contributed by atoms with Gasteiger partial charge in [-0.05, 0) is 36.7 Å². The van der Waals surface area contributed by atoms with Gasteiger partial charge in [-0.1, -0.05) is 0 Å². The van der Waals surface area contributed by atoms with Crippen molar-refractivity contribution in [3.63, 3.8) is 0 Å². The van der Waals surface area contributed by atoms with Gasteiger partial charge < -0.3 is 23.8 Å². The molecule has 0 aliphatic carbocycles. The van der Waals surface area contributed by atoms with Gasteiger partial charge >= 0.3 is 0 Å². The largest absolute Gasteiger partial charge is 0.467 e. The van der Waals surface area contributed by atoms with Crippen LogP contribution in [0.5, 0.6) is 11.5 Å². The lowest BCUT2D eigenvalue weighted by Crippen LogP contribution is -2.10. The molecule has 7 heteroatoms. The van der Waals surface area contributed by atoms with Crippen molar-refractivity contribution in [2.45, 2.75) is 13.8 Å². The lowest BCUT2D eigenvalue weighted by atomic mass is 10.2. The van der Waals surface area contributed by atoms with E-state index in [1.165, 1.54) is 0 Å². The normalized spacial score (nSPS) is 10.7. The number of rotatable bonds is 11. The predicted octanol–water partition coefficient (Wildman–Crippen LogP) is 6.03. The highest BCUT2D eigenvalue weighted by Crippen LogP contribution is 2.40. The summed E-state index contributed by atoms with van der Waals surface area (Å²) in [7, 11) is 0. The van der Waals surface area contributed by atoms with Gasteiger partial charge in [0.1, 0.15) is 11.5 Å². The SMILES string of the molecule is CCOCOc1cc(OCOCC)cc(N(c2ccsc2)c2ccsc2)c1. The van der Waals surface area contributed by atoms with E-state index in [1.54, 1.807) is 22.7 Å². The molecule has 0 bridgehead atoms. The molecule has 3 rings (SSSR count). The van der Waals surface area contributed by atoms with Crippen molar-refractivity contribution in [3.8, 4) is 11.5 Å². The minimum Gasteiger partial charge on any atom is -0.467 e. The summed E-state index contributed by atoms with van der Waals surface area (Å²) in [5, 5.41) is 8.37. The summed E-state index contributed by atoms with van der Waals surface area (Å²) < 4.78 is 22.2. The minimum atomic E-state index is 0.196. The van der Waals surface area contributed by atoms with E-state index in [9.17, 15) is 0 Å². The summed E-state index contributed by atoms with van der Waals surface area (Å²) in [6, 6.07) is 10.0. The van der Waals surface area contributed by atoms with Gasteiger partial charge in [0, 0.05) is 42.2 Å². The lowest BCUT2D eigenvalue weighted by Gasteiger charge is -2.24. The van der Waals surface area contributed by atoms with E-state index < -0.39 is 0 Å². The first-order valence-electron chi connectivity index (χ1n) is 8.72. The Labute approximate surface area is 167 Å². The molecule has 0 radical (unpaired) electrons. The third kappa shape index (κ3) is 5.46. The van der Waals surface area contributed by atoms with E-state index in [0.717, 1.165) is 17.1 Å². The smallest absolute Gasteiger partial charge is 0.189 e. The number of thiophene rings is 2. The molecule has 0 fully saturated rings. The number of hydrogen-bond acceptors (Lipinski definition) is 7. The predicted molar refractivity (Wildman–Crippen MR) is 111 cm³/mol. The van der Waals surface area contributed by atoms with Gasteiger partial charge in [-0.2, -0.15) is 22.7 Å². The molecule has 0 saturated carbocycles. The van der Waals surface area contributed by atoms with Crippen LogP contribution in [0.1, 0.15) is 13.8 Å². The fraction of sp³-hybridized carbons (Fsp3) is 0.300. The van der Waals surface area contributed by atoms with Crippen molar-refractivity contribution in [2.75, 3.05) is 31.7 Å². The van der Waals surface area contributed by atoms with E-state index in [-0.39, 0.29) is 13.6 Å². The molecule has 2 heterocycles. The van der Waals surface area contributed by atoms with Gasteiger partial charge in [-0.15, -0.1) is 0 Å². The maximum Gasteiger partial charge on any atom is 0.189 e. The van der Waals surface area contributed by atoms with Crippen LogP contribution in [0, 0.1) is 0 Å². The maximum atomic E-state index is 5.75. The van der Waals surface area contributed by atoms with Gasteiger partial charge in [0.2, 0.25) is 0 Å². The molecule has 1 aromatic carbocycles. The van der Waals surface area contributed by atoms with Crippen LogP contribution in [-0.2, 0) is 9.47 Å². The van der Waals surface area contributed by atoms with E-state index in [2.05, 4.69) is 38.6 Å². The van der Waals surface area contributed by atoms with Crippen LogP contribution in [0.2, 0.25) is 0 Å². The standard InChI is InChI=1S/C20H23NO4S2/c1-3-22-14-24-19-9-18(10-20(11-19)25-15-23-4-2)21(16-5-7-26-12-16)17-6-8-27-13-17/h5-13H,3-4,14-15H2,1-2H3. The van der Waals surface area contributed by atoms with E-state index in [0.29, 0.717) is 24.7 Å². The molecule has 0 atom stereocenters. The molecule has 2 aromatic heterocycles. The van der Waals surface area contributed by atoms with E-state index in [4.69, 9.17) is 18.9 Å². The second-order valence-electron chi connectivity index (χ2n) is 5.47. The van der Waals surface area contributed by atoms with Crippen LogP contribution >= 0.6 is 22.7 Å². The average molecular weight is 406 g/mol. The van der Waals surface area contributed by atoms with E-state index in [1.807, 2.05) is 32.0 Å². The van der Waals surface area contributed by atoms with Gasteiger partial charge in [-0.3, -0.25) is 0 Å².